The normalized spacial score (nSPS) is 18.4. The maximum Gasteiger partial charge on any atom is 0.0496 e. The molecule has 1 aromatic carbocycles. The van der Waals surface area contributed by atoms with E-state index in [9.17, 15) is 0 Å². The molecule has 2 heterocycles. The van der Waals surface area contributed by atoms with Crippen LogP contribution >= 0.6 is 11.3 Å². The van der Waals surface area contributed by atoms with Crippen LogP contribution in [-0.4, -0.2) is 23.5 Å². The molecular formula is C18H26N2S. The van der Waals surface area contributed by atoms with Gasteiger partial charge in [-0.15, -0.1) is 11.3 Å². The molecule has 0 bridgehead atoms. The third-order valence-electron chi connectivity index (χ3n) is 5.38. The average molecular weight is 302 g/mol. The van der Waals surface area contributed by atoms with E-state index in [1.165, 1.54) is 41.6 Å². The summed E-state index contributed by atoms with van der Waals surface area (Å²) >= 11 is 1.82. The van der Waals surface area contributed by atoms with Crippen LogP contribution in [0.4, 0.5) is 0 Å². The van der Waals surface area contributed by atoms with Gasteiger partial charge in [0.25, 0.3) is 0 Å². The predicted octanol–water partition coefficient (Wildman–Crippen LogP) is 4.56. The standard InChI is InChI=1S/C18H26N2S/c1-3-18(4-2,20-11-5-6-12-20)17(19)15-9-7-8-14-10-13-21-16(14)15/h7-10,13,17H,3-6,11-12,19H2,1-2H3. The van der Waals surface area contributed by atoms with Crippen molar-refractivity contribution >= 4 is 21.4 Å². The Morgan fingerprint density at radius 1 is 1.19 bits per heavy atom. The fourth-order valence-corrected chi connectivity index (χ4v) is 5.00. The number of nitrogens with two attached hydrogens (primary N) is 1. The van der Waals surface area contributed by atoms with Crippen molar-refractivity contribution in [1.29, 1.82) is 0 Å². The quantitative estimate of drug-likeness (QED) is 0.877. The van der Waals surface area contributed by atoms with Crippen molar-refractivity contribution in [1.82, 2.24) is 4.90 Å². The summed E-state index contributed by atoms with van der Waals surface area (Å²) in [5, 5.41) is 3.51. The fourth-order valence-electron chi connectivity index (χ4n) is 4.05. The molecule has 0 saturated carbocycles. The molecule has 1 unspecified atom stereocenters. The Bertz CT molecular complexity index is 594. The number of nitrogens with zero attached hydrogens (tertiary/aromatic N) is 1. The Kier molecular flexibility index (Phi) is 4.34. The van der Waals surface area contributed by atoms with Crippen LogP contribution in [0.3, 0.4) is 0 Å². The number of likely N-dealkylation sites (tertiary alicyclic amines) is 1. The highest BCUT2D eigenvalue weighted by Gasteiger charge is 2.41. The van der Waals surface area contributed by atoms with Crippen molar-refractivity contribution in [2.75, 3.05) is 13.1 Å². The zero-order chi connectivity index (χ0) is 14.9. The second-order valence-electron chi connectivity index (χ2n) is 6.17. The van der Waals surface area contributed by atoms with Crippen LogP contribution in [0.25, 0.3) is 10.1 Å². The molecule has 2 N–H and O–H groups in total. The van der Waals surface area contributed by atoms with Crippen molar-refractivity contribution in [2.45, 2.75) is 51.1 Å². The molecule has 2 nitrogen and oxygen atoms in total. The molecule has 0 amide bonds. The smallest absolute Gasteiger partial charge is 0.0496 e. The van der Waals surface area contributed by atoms with E-state index in [2.05, 4.69) is 48.4 Å². The minimum absolute atomic E-state index is 0.0907. The summed E-state index contributed by atoms with van der Waals surface area (Å²) in [5.41, 5.74) is 8.30. The Morgan fingerprint density at radius 3 is 2.57 bits per heavy atom. The Hall–Kier alpha value is -0.900. The van der Waals surface area contributed by atoms with E-state index < -0.39 is 0 Å². The summed E-state index contributed by atoms with van der Waals surface area (Å²) < 4.78 is 1.37. The maximum absolute atomic E-state index is 6.87. The summed E-state index contributed by atoms with van der Waals surface area (Å²) in [6.07, 6.45) is 4.87. The van der Waals surface area contributed by atoms with E-state index in [0.29, 0.717) is 0 Å². The van der Waals surface area contributed by atoms with Crippen molar-refractivity contribution in [2.24, 2.45) is 5.73 Å². The molecule has 0 radical (unpaired) electrons. The molecule has 0 spiro atoms. The lowest BCUT2D eigenvalue weighted by Gasteiger charge is -2.45. The van der Waals surface area contributed by atoms with Crippen LogP contribution in [0.5, 0.6) is 0 Å². The van der Waals surface area contributed by atoms with Crippen molar-refractivity contribution < 1.29 is 0 Å². The third kappa shape index (κ3) is 2.41. The zero-order valence-electron chi connectivity index (χ0n) is 13.1. The van der Waals surface area contributed by atoms with E-state index in [1.54, 1.807) is 0 Å². The van der Waals surface area contributed by atoms with Crippen LogP contribution in [-0.2, 0) is 0 Å². The SMILES string of the molecule is CCC(CC)(C(N)c1cccc2ccsc12)N1CCCC1. The minimum Gasteiger partial charge on any atom is -0.322 e. The van der Waals surface area contributed by atoms with Gasteiger partial charge in [-0.3, -0.25) is 4.90 Å². The Balaban J connectivity index is 2.04. The van der Waals surface area contributed by atoms with Gasteiger partial charge in [-0.1, -0.05) is 32.0 Å². The number of fused-ring (bicyclic) bond motifs is 1. The van der Waals surface area contributed by atoms with E-state index in [4.69, 9.17) is 5.73 Å². The number of rotatable bonds is 5. The summed E-state index contributed by atoms with van der Waals surface area (Å²) in [5.74, 6) is 0. The molecule has 2 aromatic rings. The number of hydrogen-bond donors (Lipinski definition) is 1. The van der Waals surface area contributed by atoms with Crippen LogP contribution in [0.2, 0.25) is 0 Å². The maximum atomic E-state index is 6.87. The van der Waals surface area contributed by atoms with Gasteiger partial charge in [0.2, 0.25) is 0 Å². The summed E-state index contributed by atoms with van der Waals surface area (Å²) in [4.78, 5) is 2.66. The van der Waals surface area contributed by atoms with Crippen molar-refractivity contribution in [3.8, 4) is 0 Å². The van der Waals surface area contributed by atoms with E-state index >= 15 is 0 Å². The van der Waals surface area contributed by atoms with Gasteiger partial charge in [0.1, 0.15) is 0 Å². The van der Waals surface area contributed by atoms with Gasteiger partial charge < -0.3 is 5.73 Å². The molecule has 3 rings (SSSR count). The topological polar surface area (TPSA) is 29.3 Å². The van der Waals surface area contributed by atoms with E-state index in [1.807, 2.05) is 11.3 Å². The highest BCUT2D eigenvalue weighted by Crippen LogP contribution is 2.41. The summed E-state index contributed by atoms with van der Waals surface area (Å²) in [6, 6.07) is 8.88. The van der Waals surface area contributed by atoms with E-state index in [-0.39, 0.29) is 11.6 Å². The summed E-state index contributed by atoms with van der Waals surface area (Å²) in [7, 11) is 0. The lowest BCUT2D eigenvalue weighted by atomic mass is 9.79. The van der Waals surface area contributed by atoms with Crippen LogP contribution in [0.1, 0.15) is 51.1 Å². The van der Waals surface area contributed by atoms with Crippen LogP contribution < -0.4 is 5.73 Å². The molecular weight excluding hydrogens is 276 g/mol. The molecule has 1 saturated heterocycles. The van der Waals surface area contributed by atoms with Gasteiger partial charge in [-0.2, -0.15) is 0 Å². The van der Waals surface area contributed by atoms with Gasteiger partial charge in [-0.25, -0.2) is 0 Å². The molecule has 1 aliphatic rings. The first-order valence-electron chi connectivity index (χ1n) is 8.19. The monoisotopic (exact) mass is 302 g/mol. The minimum atomic E-state index is 0.0907. The molecule has 1 fully saturated rings. The highest BCUT2D eigenvalue weighted by molar-refractivity contribution is 7.17. The lowest BCUT2D eigenvalue weighted by Crippen LogP contribution is -2.53. The van der Waals surface area contributed by atoms with Crippen LogP contribution in [0.15, 0.2) is 29.6 Å². The zero-order valence-corrected chi connectivity index (χ0v) is 14.0. The number of benzene rings is 1. The van der Waals surface area contributed by atoms with Crippen molar-refractivity contribution in [3.05, 3.63) is 35.2 Å². The number of thiophene rings is 1. The molecule has 0 aliphatic carbocycles. The Labute approximate surface area is 131 Å². The third-order valence-corrected chi connectivity index (χ3v) is 6.36. The predicted molar refractivity (Wildman–Crippen MR) is 92.9 cm³/mol. The first-order chi connectivity index (χ1) is 10.2. The van der Waals surface area contributed by atoms with Gasteiger partial charge in [0, 0.05) is 16.3 Å². The second kappa shape index (κ2) is 6.07. The fraction of sp³-hybridized carbons (Fsp3) is 0.556. The highest BCUT2D eigenvalue weighted by atomic mass is 32.1. The largest absolute Gasteiger partial charge is 0.322 e. The molecule has 1 aliphatic heterocycles. The van der Waals surface area contributed by atoms with Crippen LogP contribution in [0, 0.1) is 0 Å². The summed E-state index contributed by atoms with van der Waals surface area (Å²) in [6.45, 7) is 7.01. The number of hydrogen-bond acceptors (Lipinski definition) is 3. The first kappa shape index (κ1) is 15.0. The molecule has 21 heavy (non-hydrogen) atoms. The molecule has 114 valence electrons. The van der Waals surface area contributed by atoms with E-state index in [0.717, 1.165) is 12.8 Å². The van der Waals surface area contributed by atoms with Crippen molar-refractivity contribution in [3.63, 3.8) is 0 Å². The first-order valence-corrected chi connectivity index (χ1v) is 9.07. The Morgan fingerprint density at radius 2 is 1.90 bits per heavy atom. The molecule has 1 aromatic heterocycles. The molecule has 3 heteroatoms. The van der Waals surface area contributed by atoms with Gasteiger partial charge in [0.05, 0.1) is 0 Å². The van der Waals surface area contributed by atoms with Gasteiger partial charge >= 0.3 is 0 Å². The lowest BCUT2D eigenvalue weighted by molar-refractivity contribution is 0.0772. The molecule has 1 atom stereocenters. The average Bonchev–Trinajstić information content (AvgIpc) is 3.20. The van der Waals surface area contributed by atoms with Gasteiger partial charge in [0.15, 0.2) is 0 Å². The second-order valence-corrected chi connectivity index (χ2v) is 7.08. The van der Waals surface area contributed by atoms with Gasteiger partial charge in [-0.05, 0) is 61.2 Å².